The van der Waals surface area contributed by atoms with Gasteiger partial charge in [0, 0.05) is 6.07 Å². The monoisotopic (exact) mass is 496 g/mol. The number of hydrogen-bond acceptors (Lipinski definition) is 9. The number of rotatable bonds is 10. The van der Waals surface area contributed by atoms with Gasteiger partial charge >= 0.3 is 13.7 Å². The molecule has 1 amide bonds. The second-order valence-corrected chi connectivity index (χ2v) is 9.22. The van der Waals surface area contributed by atoms with Crippen LogP contribution in [0.3, 0.4) is 0 Å². The third kappa shape index (κ3) is 6.17. The number of nitrogens with zero attached hydrogens (tertiary/aromatic N) is 1. The summed E-state index contributed by atoms with van der Waals surface area (Å²) in [5.41, 5.74) is 5.47. The van der Waals surface area contributed by atoms with Crippen LogP contribution in [0.1, 0.15) is 23.5 Å². The van der Waals surface area contributed by atoms with Crippen LogP contribution in [-0.2, 0) is 23.4 Å². The fourth-order valence-corrected chi connectivity index (χ4v) is 4.76. The Bertz CT molecular complexity index is 1050. The number of carbonyl (C=O) groups is 2. The Labute approximate surface area is 195 Å². The van der Waals surface area contributed by atoms with E-state index in [1.54, 1.807) is 30.3 Å². The highest BCUT2D eigenvalue weighted by Gasteiger charge is 2.49. The zero-order chi connectivity index (χ0) is 24.9. The number of hydrogen-bond donors (Lipinski definition) is 4. The Hall–Kier alpha value is -2.86. The Morgan fingerprint density at radius 3 is 2.56 bits per heavy atom. The fourth-order valence-electron chi connectivity index (χ4n) is 3.26. The number of methoxy groups -OCH3 is 1. The molecule has 12 nitrogen and oxygen atoms in total. The van der Waals surface area contributed by atoms with Crippen molar-refractivity contribution in [3.05, 3.63) is 60.4 Å². The van der Waals surface area contributed by atoms with Gasteiger partial charge in [0.2, 0.25) is 0 Å². The lowest BCUT2D eigenvalue weighted by molar-refractivity contribution is -0.765. The van der Waals surface area contributed by atoms with Crippen molar-refractivity contribution in [1.29, 1.82) is 0 Å². The number of primary amides is 1. The lowest BCUT2D eigenvalue weighted by Gasteiger charge is -2.24. The van der Waals surface area contributed by atoms with E-state index in [4.69, 9.17) is 19.5 Å². The van der Waals surface area contributed by atoms with Crippen LogP contribution in [0.15, 0.2) is 54.9 Å². The molecule has 0 spiro atoms. The van der Waals surface area contributed by atoms with E-state index in [1.165, 1.54) is 43.1 Å². The van der Waals surface area contributed by atoms with Crippen molar-refractivity contribution in [1.82, 2.24) is 5.09 Å². The molecule has 2 heterocycles. The van der Waals surface area contributed by atoms with E-state index in [0.717, 1.165) is 0 Å². The lowest BCUT2D eigenvalue weighted by atomic mass is 10.1. The fraction of sp³-hybridized carbons (Fsp3) is 0.381. The van der Waals surface area contributed by atoms with Gasteiger partial charge in [-0.1, -0.05) is 18.2 Å². The average molecular weight is 496 g/mol. The summed E-state index contributed by atoms with van der Waals surface area (Å²) in [5.74, 6) is -1.16. The number of aliphatic hydroxyl groups is 2. The molecule has 0 aliphatic carbocycles. The van der Waals surface area contributed by atoms with Crippen LogP contribution in [0.4, 0.5) is 0 Å². The van der Waals surface area contributed by atoms with E-state index < -0.39 is 56.8 Å². The third-order valence-electron chi connectivity index (χ3n) is 5.02. The standard InChI is InChI=1S/C21H26N3O9P/c1-13(21(28)30-2)23-34(29,33-15-8-4-3-5-9-15)31-12-16-17(25)18(26)20(32-16)24-10-6-7-14(11-24)19(22)27/h3-11,13,16-18,20,25-26H,12H2,1-2H3,(H2-,22,23,27,29)/p+1/t13-,16+,17+,18+,20-,34?/m0/s1. The number of pyridine rings is 1. The quantitative estimate of drug-likeness (QED) is 0.200. The van der Waals surface area contributed by atoms with Crippen molar-refractivity contribution in [3.63, 3.8) is 0 Å². The van der Waals surface area contributed by atoms with Crippen LogP contribution < -0.4 is 19.9 Å². The van der Waals surface area contributed by atoms with E-state index in [1.807, 2.05) is 0 Å². The zero-order valence-electron chi connectivity index (χ0n) is 18.5. The predicted octanol–water partition coefficient (Wildman–Crippen LogP) is 0.0470. The van der Waals surface area contributed by atoms with Crippen molar-refractivity contribution in [2.24, 2.45) is 5.73 Å². The van der Waals surface area contributed by atoms with Gasteiger partial charge in [0.1, 0.15) is 29.6 Å². The first-order chi connectivity index (χ1) is 16.1. The molecule has 34 heavy (non-hydrogen) atoms. The molecule has 1 unspecified atom stereocenters. The molecule has 0 radical (unpaired) electrons. The van der Waals surface area contributed by atoms with Gasteiger partial charge in [0.15, 0.2) is 18.5 Å². The summed E-state index contributed by atoms with van der Waals surface area (Å²) >= 11 is 0. The molecule has 1 aromatic carbocycles. The predicted molar refractivity (Wildman–Crippen MR) is 116 cm³/mol. The molecular formula is C21H27N3O9P+. The lowest BCUT2D eigenvalue weighted by Crippen LogP contribution is -2.46. The van der Waals surface area contributed by atoms with Crippen molar-refractivity contribution in [3.8, 4) is 5.75 Å². The smallest absolute Gasteiger partial charge is 0.459 e. The van der Waals surface area contributed by atoms with Gasteiger partial charge in [-0.05, 0) is 25.1 Å². The number of aromatic nitrogens is 1. The molecule has 1 aliphatic rings. The molecule has 0 saturated carbocycles. The number of carbonyl (C=O) groups excluding carboxylic acids is 2. The van der Waals surface area contributed by atoms with Gasteiger partial charge in [-0.25, -0.2) is 4.57 Å². The average Bonchev–Trinajstić information content (AvgIpc) is 3.11. The molecule has 2 aromatic rings. The summed E-state index contributed by atoms with van der Waals surface area (Å²) < 4.78 is 36.1. The molecule has 6 atom stereocenters. The van der Waals surface area contributed by atoms with Crippen molar-refractivity contribution in [2.45, 2.75) is 37.5 Å². The molecule has 1 aliphatic heterocycles. The van der Waals surface area contributed by atoms with Crippen LogP contribution in [0, 0.1) is 0 Å². The highest BCUT2D eigenvalue weighted by Crippen LogP contribution is 2.45. The number of nitrogens with two attached hydrogens (primary N) is 1. The molecule has 1 saturated heterocycles. The Morgan fingerprint density at radius 2 is 1.91 bits per heavy atom. The maximum absolute atomic E-state index is 13.4. The normalized spacial score (nSPS) is 24.7. The summed E-state index contributed by atoms with van der Waals surface area (Å²) in [6.07, 6.45) is -2.10. The summed E-state index contributed by atoms with van der Waals surface area (Å²) in [4.78, 5) is 23.3. The SMILES string of the molecule is COC(=O)[C@H](C)NP(=O)(OC[C@H]1O[C@H]([n+]2cccc(C(N)=O)c2)[C@H](O)[C@@H]1O)Oc1ccccc1. The highest BCUT2D eigenvalue weighted by molar-refractivity contribution is 7.52. The molecule has 5 N–H and O–H groups in total. The van der Waals surface area contributed by atoms with Crippen molar-refractivity contribution in [2.75, 3.05) is 13.7 Å². The van der Waals surface area contributed by atoms with Crippen LogP contribution >= 0.6 is 7.75 Å². The second kappa shape index (κ2) is 11.0. The van der Waals surface area contributed by atoms with Gasteiger partial charge in [0.05, 0.1) is 13.7 Å². The number of benzene rings is 1. The zero-order valence-corrected chi connectivity index (χ0v) is 19.4. The minimum absolute atomic E-state index is 0.175. The number of amides is 1. The van der Waals surface area contributed by atoms with Gasteiger partial charge in [-0.15, -0.1) is 0 Å². The van der Waals surface area contributed by atoms with Crippen LogP contribution in [-0.4, -0.2) is 60.2 Å². The summed E-state index contributed by atoms with van der Waals surface area (Å²) in [5, 5.41) is 23.4. The molecule has 13 heteroatoms. The van der Waals surface area contributed by atoms with E-state index in [9.17, 15) is 24.4 Å². The highest BCUT2D eigenvalue weighted by atomic mass is 31.2. The topological polar surface area (TPSA) is 171 Å². The Morgan fingerprint density at radius 1 is 1.21 bits per heavy atom. The first-order valence-electron chi connectivity index (χ1n) is 10.3. The molecule has 184 valence electrons. The van der Waals surface area contributed by atoms with Crippen LogP contribution in [0.5, 0.6) is 5.75 Å². The van der Waals surface area contributed by atoms with Gasteiger partial charge in [-0.3, -0.25) is 14.1 Å². The minimum Gasteiger partial charge on any atom is -0.468 e. The molecule has 0 bridgehead atoms. The number of para-hydroxylation sites is 1. The van der Waals surface area contributed by atoms with Crippen LogP contribution in [0.2, 0.25) is 0 Å². The Balaban J connectivity index is 1.74. The largest absolute Gasteiger partial charge is 0.468 e. The summed E-state index contributed by atoms with van der Waals surface area (Å²) in [6, 6.07) is 10.1. The number of nitrogens with one attached hydrogen (secondary N) is 1. The van der Waals surface area contributed by atoms with E-state index >= 15 is 0 Å². The summed E-state index contributed by atoms with van der Waals surface area (Å²) in [6.45, 7) is 0.953. The maximum Gasteiger partial charge on any atom is 0.459 e. The minimum atomic E-state index is -4.17. The van der Waals surface area contributed by atoms with E-state index in [0.29, 0.717) is 0 Å². The maximum atomic E-state index is 13.4. The number of esters is 1. The third-order valence-corrected chi connectivity index (χ3v) is 6.67. The van der Waals surface area contributed by atoms with Gasteiger partial charge < -0.3 is 29.9 Å². The van der Waals surface area contributed by atoms with Gasteiger partial charge in [0.25, 0.3) is 12.1 Å². The van der Waals surface area contributed by atoms with E-state index in [-0.39, 0.29) is 11.3 Å². The molecular weight excluding hydrogens is 469 g/mol. The number of aliphatic hydroxyl groups excluding tert-OH is 2. The summed E-state index contributed by atoms with van der Waals surface area (Å²) in [7, 11) is -2.99. The Kier molecular flexibility index (Phi) is 8.37. The van der Waals surface area contributed by atoms with Gasteiger partial charge in [-0.2, -0.15) is 9.65 Å². The molecule has 1 fully saturated rings. The first-order valence-corrected chi connectivity index (χ1v) is 11.8. The van der Waals surface area contributed by atoms with E-state index in [2.05, 4.69) is 9.82 Å². The number of ether oxygens (including phenoxy) is 2. The van der Waals surface area contributed by atoms with Crippen LogP contribution in [0.25, 0.3) is 0 Å². The second-order valence-electron chi connectivity index (χ2n) is 7.52. The van der Waals surface area contributed by atoms with Crippen molar-refractivity contribution >= 4 is 19.6 Å². The first kappa shape index (κ1) is 25.8. The molecule has 3 rings (SSSR count). The molecule has 1 aromatic heterocycles. The van der Waals surface area contributed by atoms with Crippen molar-refractivity contribution < 1.29 is 47.5 Å².